The van der Waals surface area contributed by atoms with Crippen LogP contribution in [0.4, 0.5) is 0 Å². The van der Waals surface area contributed by atoms with Gasteiger partial charge in [-0.05, 0) is 50.0 Å². The molecule has 2 aliphatic rings. The molecule has 4 rings (SSSR count). The van der Waals surface area contributed by atoms with Crippen molar-refractivity contribution < 1.29 is 4.90 Å². The Labute approximate surface area is 140 Å². The Bertz CT molecular complexity index is 691. The molecule has 0 unspecified atom stereocenters. The fraction of sp³-hybridized carbons (Fsp3) is 0.647. The van der Waals surface area contributed by atoms with Crippen molar-refractivity contribution in [3.8, 4) is 0 Å². The molecule has 1 N–H and O–H groups in total. The van der Waals surface area contributed by atoms with Crippen LogP contribution in [-0.4, -0.2) is 23.1 Å². The zero-order valence-electron chi connectivity index (χ0n) is 13.1. The summed E-state index contributed by atoms with van der Waals surface area (Å²) in [5.74, 6) is 1.71. The van der Waals surface area contributed by atoms with E-state index < -0.39 is 0 Å². The van der Waals surface area contributed by atoms with Crippen molar-refractivity contribution >= 4 is 33.2 Å². The number of aromatic nitrogens is 2. The third-order valence-electron chi connectivity index (χ3n) is 5.13. The molecule has 3 heterocycles. The smallest absolute Gasteiger partial charge is 0.186 e. The van der Waals surface area contributed by atoms with Crippen molar-refractivity contribution in [2.75, 3.05) is 13.1 Å². The molecule has 22 heavy (non-hydrogen) atoms. The number of nitrogens with one attached hydrogen (secondary N) is 1. The Morgan fingerprint density at radius 3 is 2.86 bits per heavy atom. The highest BCUT2D eigenvalue weighted by molar-refractivity contribution is 7.19. The number of aryl methyl sites for hydroxylation is 1. The zero-order valence-corrected chi connectivity index (χ0v) is 14.7. The van der Waals surface area contributed by atoms with Crippen LogP contribution in [-0.2, 0) is 19.4 Å². The first-order valence-corrected chi connectivity index (χ1v) is 9.70. The van der Waals surface area contributed by atoms with Gasteiger partial charge in [0.25, 0.3) is 0 Å². The van der Waals surface area contributed by atoms with Gasteiger partial charge in [0.1, 0.15) is 16.5 Å². The number of quaternary nitrogens is 1. The summed E-state index contributed by atoms with van der Waals surface area (Å²) in [5.41, 5.74) is 1.43. The van der Waals surface area contributed by atoms with E-state index in [0.717, 1.165) is 34.9 Å². The van der Waals surface area contributed by atoms with Crippen LogP contribution in [0, 0.1) is 5.92 Å². The molecule has 0 aromatic carbocycles. The van der Waals surface area contributed by atoms with Gasteiger partial charge in [0.15, 0.2) is 5.82 Å². The van der Waals surface area contributed by atoms with Crippen LogP contribution in [0.2, 0.25) is 5.15 Å². The summed E-state index contributed by atoms with van der Waals surface area (Å²) >= 11 is 8.39. The van der Waals surface area contributed by atoms with Crippen molar-refractivity contribution in [1.29, 1.82) is 0 Å². The van der Waals surface area contributed by atoms with Crippen LogP contribution >= 0.6 is 22.9 Å². The maximum Gasteiger partial charge on any atom is 0.186 e. The lowest BCUT2D eigenvalue weighted by molar-refractivity contribution is -0.919. The highest BCUT2D eigenvalue weighted by Crippen LogP contribution is 2.39. The normalized spacial score (nSPS) is 22.9. The summed E-state index contributed by atoms with van der Waals surface area (Å²) in [6.45, 7) is 5.76. The van der Waals surface area contributed by atoms with Crippen LogP contribution in [0.3, 0.4) is 0 Å². The first-order valence-electron chi connectivity index (χ1n) is 8.51. The minimum absolute atomic E-state index is 0.684. The average molecular weight is 337 g/mol. The number of fused-ring (bicyclic) bond motifs is 3. The highest BCUT2D eigenvalue weighted by atomic mass is 35.5. The standard InChI is InChI=1S/C17H22ClN3S/c1-11-5-6-12-13(9-11)22-17-15(12)16(18)19-14(20-17)10-21-7-3-2-4-8-21/h11H,2-10H2,1H3/p+1/t11-/m0/s1. The minimum Gasteiger partial charge on any atom is -0.329 e. The number of piperidine rings is 1. The summed E-state index contributed by atoms with van der Waals surface area (Å²) < 4.78 is 0. The van der Waals surface area contributed by atoms with Crippen LogP contribution in [0.1, 0.15) is 48.9 Å². The second-order valence-electron chi connectivity index (χ2n) is 6.95. The van der Waals surface area contributed by atoms with Gasteiger partial charge in [0.05, 0.1) is 18.5 Å². The van der Waals surface area contributed by atoms with Gasteiger partial charge in [0.2, 0.25) is 0 Å². The molecule has 3 nitrogen and oxygen atoms in total. The second kappa shape index (κ2) is 6.06. The van der Waals surface area contributed by atoms with Crippen molar-refractivity contribution in [1.82, 2.24) is 9.97 Å². The molecule has 2 aromatic heterocycles. The van der Waals surface area contributed by atoms with Gasteiger partial charge in [-0.25, -0.2) is 9.97 Å². The van der Waals surface area contributed by atoms with E-state index in [9.17, 15) is 0 Å². The Morgan fingerprint density at radius 1 is 1.23 bits per heavy atom. The number of nitrogens with zero attached hydrogens (tertiary/aromatic N) is 2. The second-order valence-corrected chi connectivity index (χ2v) is 8.39. The van der Waals surface area contributed by atoms with E-state index in [2.05, 4.69) is 11.9 Å². The fourth-order valence-corrected chi connectivity index (χ4v) is 5.63. The van der Waals surface area contributed by atoms with Crippen molar-refractivity contribution in [2.24, 2.45) is 5.92 Å². The van der Waals surface area contributed by atoms with Gasteiger partial charge in [-0.3, -0.25) is 0 Å². The van der Waals surface area contributed by atoms with Crippen LogP contribution < -0.4 is 4.90 Å². The van der Waals surface area contributed by atoms with Gasteiger partial charge in [-0.15, -0.1) is 11.3 Å². The highest BCUT2D eigenvalue weighted by Gasteiger charge is 2.24. The maximum atomic E-state index is 6.54. The molecule has 1 atom stereocenters. The van der Waals surface area contributed by atoms with E-state index in [1.54, 1.807) is 4.90 Å². The quantitative estimate of drug-likeness (QED) is 0.854. The first kappa shape index (κ1) is 14.9. The Kier molecular flexibility index (Phi) is 4.09. The summed E-state index contributed by atoms with van der Waals surface area (Å²) in [7, 11) is 0. The van der Waals surface area contributed by atoms with Gasteiger partial charge >= 0.3 is 0 Å². The molecule has 5 heteroatoms. The molecule has 0 amide bonds. The number of likely N-dealkylation sites (tertiary alicyclic amines) is 1. The number of rotatable bonds is 2. The lowest BCUT2D eigenvalue weighted by Crippen LogP contribution is -3.11. The number of hydrogen-bond acceptors (Lipinski definition) is 3. The fourth-order valence-electron chi connectivity index (χ4n) is 3.87. The molecule has 1 saturated heterocycles. The molecule has 1 aliphatic heterocycles. The zero-order chi connectivity index (χ0) is 15.1. The van der Waals surface area contributed by atoms with E-state index >= 15 is 0 Å². The van der Waals surface area contributed by atoms with Gasteiger partial charge in [0, 0.05) is 4.88 Å². The van der Waals surface area contributed by atoms with Gasteiger partial charge in [-0.1, -0.05) is 18.5 Å². The van der Waals surface area contributed by atoms with Crippen molar-refractivity contribution in [3.63, 3.8) is 0 Å². The first-order chi connectivity index (χ1) is 10.7. The molecule has 1 fully saturated rings. The van der Waals surface area contributed by atoms with Crippen LogP contribution in [0.15, 0.2) is 0 Å². The van der Waals surface area contributed by atoms with E-state index in [4.69, 9.17) is 16.6 Å². The molecule has 0 saturated carbocycles. The van der Waals surface area contributed by atoms with Crippen molar-refractivity contribution in [2.45, 2.75) is 52.0 Å². The number of hydrogen-bond donors (Lipinski definition) is 1. The van der Waals surface area contributed by atoms with E-state index in [-0.39, 0.29) is 0 Å². The molecule has 2 aromatic rings. The Hall–Kier alpha value is -0.710. The largest absolute Gasteiger partial charge is 0.329 e. The summed E-state index contributed by atoms with van der Waals surface area (Å²) in [4.78, 5) is 13.7. The van der Waals surface area contributed by atoms with Crippen molar-refractivity contribution in [3.05, 3.63) is 21.4 Å². The molecule has 0 spiro atoms. The predicted octanol–water partition coefficient (Wildman–Crippen LogP) is 3.04. The summed E-state index contributed by atoms with van der Waals surface area (Å²) in [5, 5.41) is 1.83. The average Bonchev–Trinajstić information content (AvgIpc) is 2.85. The van der Waals surface area contributed by atoms with E-state index in [1.165, 1.54) is 55.6 Å². The molecule has 0 bridgehead atoms. The van der Waals surface area contributed by atoms with E-state index in [0.29, 0.717) is 5.15 Å². The van der Waals surface area contributed by atoms with Gasteiger partial charge in [-0.2, -0.15) is 0 Å². The SMILES string of the molecule is C[C@H]1CCc2c(sc3nc(C[NH+]4CCCCC4)nc(Cl)c23)C1. The monoisotopic (exact) mass is 336 g/mol. The molecule has 0 radical (unpaired) electrons. The molecular formula is C17H23ClN3S+. The van der Waals surface area contributed by atoms with Gasteiger partial charge < -0.3 is 4.90 Å². The third-order valence-corrected chi connectivity index (χ3v) is 6.55. The topological polar surface area (TPSA) is 30.2 Å². The minimum atomic E-state index is 0.684. The number of halogens is 1. The lowest BCUT2D eigenvalue weighted by atomic mass is 9.89. The molecular weight excluding hydrogens is 314 g/mol. The predicted molar refractivity (Wildman–Crippen MR) is 91.9 cm³/mol. The van der Waals surface area contributed by atoms with E-state index in [1.807, 2.05) is 11.3 Å². The summed E-state index contributed by atoms with van der Waals surface area (Å²) in [6.07, 6.45) is 7.61. The third kappa shape index (κ3) is 2.77. The Balaban J connectivity index is 1.67. The summed E-state index contributed by atoms with van der Waals surface area (Å²) in [6, 6.07) is 0. The molecule has 1 aliphatic carbocycles. The number of thiophene rings is 1. The molecule has 118 valence electrons. The van der Waals surface area contributed by atoms with Crippen LogP contribution in [0.25, 0.3) is 10.2 Å². The van der Waals surface area contributed by atoms with Crippen LogP contribution in [0.5, 0.6) is 0 Å². The lowest BCUT2D eigenvalue weighted by Gasteiger charge is -2.22. The maximum absolute atomic E-state index is 6.54. The Morgan fingerprint density at radius 2 is 2.05 bits per heavy atom.